The van der Waals surface area contributed by atoms with E-state index in [9.17, 15) is 12.8 Å². The minimum Gasteiger partial charge on any atom is -0.224 e. The molecule has 0 fully saturated rings. The van der Waals surface area contributed by atoms with E-state index in [1.807, 2.05) is 20.8 Å². The smallest absolute Gasteiger partial charge is 0.175 e. The third-order valence-electron chi connectivity index (χ3n) is 2.17. The molecule has 0 N–H and O–H groups in total. The molecule has 1 rings (SSSR count). The second-order valence-electron chi connectivity index (χ2n) is 4.66. The van der Waals surface area contributed by atoms with Gasteiger partial charge in [0.25, 0.3) is 0 Å². The van der Waals surface area contributed by atoms with Crippen molar-refractivity contribution in [1.29, 1.82) is 0 Å². The number of sulfone groups is 1. The maximum absolute atomic E-state index is 13.5. The largest absolute Gasteiger partial charge is 0.224 e. The Bertz CT molecular complexity index is 470. The first kappa shape index (κ1) is 12.2. The Morgan fingerprint density at radius 1 is 1.20 bits per heavy atom. The number of benzene rings is 1. The van der Waals surface area contributed by atoms with Gasteiger partial charge in [-0.2, -0.15) is 0 Å². The number of hydrogen-bond acceptors (Lipinski definition) is 2. The zero-order valence-corrected chi connectivity index (χ0v) is 10.2. The van der Waals surface area contributed by atoms with Crippen LogP contribution in [0.3, 0.4) is 0 Å². The highest BCUT2D eigenvalue weighted by atomic mass is 32.2. The third-order valence-corrected chi connectivity index (χ3v) is 3.28. The highest BCUT2D eigenvalue weighted by Crippen LogP contribution is 2.27. The third kappa shape index (κ3) is 2.78. The van der Waals surface area contributed by atoms with Crippen LogP contribution in [0.5, 0.6) is 0 Å². The van der Waals surface area contributed by atoms with Crippen molar-refractivity contribution in [2.24, 2.45) is 0 Å². The van der Waals surface area contributed by atoms with Crippen molar-refractivity contribution in [1.82, 2.24) is 0 Å². The standard InChI is InChI=1S/C11H15FO2S/c1-11(2,3)9-7-8(15(4,13)14)5-6-10(9)12/h5-7H,1-4H3. The molecule has 0 unspecified atom stereocenters. The molecule has 0 aliphatic heterocycles. The topological polar surface area (TPSA) is 34.1 Å². The van der Waals surface area contributed by atoms with E-state index in [4.69, 9.17) is 0 Å². The van der Waals surface area contributed by atoms with Gasteiger partial charge in [-0.15, -0.1) is 0 Å². The van der Waals surface area contributed by atoms with E-state index >= 15 is 0 Å². The zero-order chi connectivity index (χ0) is 11.9. The molecule has 4 heteroatoms. The van der Waals surface area contributed by atoms with Crippen molar-refractivity contribution in [3.63, 3.8) is 0 Å². The molecule has 0 aliphatic rings. The summed E-state index contributed by atoms with van der Waals surface area (Å²) in [5, 5.41) is 0. The molecule has 0 amide bonds. The van der Waals surface area contributed by atoms with Gasteiger partial charge in [-0.05, 0) is 29.2 Å². The first-order valence-electron chi connectivity index (χ1n) is 4.62. The predicted octanol–water partition coefficient (Wildman–Crippen LogP) is 2.53. The lowest BCUT2D eigenvalue weighted by atomic mass is 9.87. The van der Waals surface area contributed by atoms with Crippen molar-refractivity contribution < 1.29 is 12.8 Å². The maximum atomic E-state index is 13.5. The molecular formula is C11H15FO2S. The number of rotatable bonds is 1. The Labute approximate surface area is 90.0 Å². The molecule has 0 saturated carbocycles. The molecule has 84 valence electrons. The lowest BCUT2D eigenvalue weighted by Gasteiger charge is -2.20. The van der Waals surface area contributed by atoms with Crippen molar-refractivity contribution in [2.45, 2.75) is 31.1 Å². The van der Waals surface area contributed by atoms with E-state index in [2.05, 4.69) is 0 Å². The van der Waals surface area contributed by atoms with Crippen LogP contribution in [0.2, 0.25) is 0 Å². The second-order valence-corrected chi connectivity index (χ2v) is 6.68. The normalized spacial score (nSPS) is 12.9. The van der Waals surface area contributed by atoms with E-state index in [1.54, 1.807) is 0 Å². The highest BCUT2D eigenvalue weighted by molar-refractivity contribution is 7.90. The summed E-state index contributed by atoms with van der Waals surface area (Å²) in [5.41, 5.74) is 0.0237. The van der Waals surface area contributed by atoms with Gasteiger partial charge in [-0.25, -0.2) is 12.8 Å². The molecule has 0 heterocycles. The molecule has 0 atom stereocenters. The van der Waals surface area contributed by atoms with Crippen LogP contribution in [-0.4, -0.2) is 14.7 Å². The van der Waals surface area contributed by atoms with Crippen LogP contribution >= 0.6 is 0 Å². The molecule has 0 saturated heterocycles. The van der Waals surface area contributed by atoms with Gasteiger partial charge in [0.15, 0.2) is 9.84 Å². The van der Waals surface area contributed by atoms with Gasteiger partial charge in [0, 0.05) is 6.26 Å². The summed E-state index contributed by atoms with van der Waals surface area (Å²) >= 11 is 0. The van der Waals surface area contributed by atoms with Crippen LogP contribution in [0.15, 0.2) is 23.1 Å². The molecule has 1 aromatic carbocycles. The summed E-state index contributed by atoms with van der Waals surface area (Å²) in [5.74, 6) is -0.366. The predicted molar refractivity (Wildman–Crippen MR) is 58.2 cm³/mol. The van der Waals surface area contributed by atoms with E-state index in [1.165, 1.54) is 18.2 Å². The van der Waals surface area contributed by atoms with Crippen molar-refractivity contribution >= 4 is 9.84 Å². The Morgan fingerprint density at radius 2 is 1.73 bits per heavy atom. The van der Waals surface area contributed by atoms with E-state index < -0.39 is 15.3 Å². The SMILES string of the molecule is CC(C)(C)c1cc(S(C)(=O)=O)ccc1F. The van der Waals surface area contributed by atoms with Gasteiger partial charge >= 0.3 is 0 Å². The fraction of sp³-hybridized carbons (Fsp3) is 0.455. The van der Waals surface area contributed by atoms with Crippen LogP contribution in [0.25, 0.3) is 0 Å². The van der Waals surface area contributed by atoms with Gasteiger partial charge in [0.05, 0.1) is 4.90 Å². The summed E-state index contributed by atoms with van der Waals surface area (Å²) in [6.45, 7) is 5.53. The van der Waals surface area contributed by atoms with Crippen LogP contribution in [0, 0.1) is 5.82 Å². The molecule has 1 aromatic rings. The second kappa shape index (κ2) is 3.59. The first-order chi connectivity index (χ1) is 6.62. The van der Waals surface area contributed by atoms with Gasteiger partial charge < -0.3 is 0 Å². The highest BCUT2D eigenvalue weighted by Gasteiger charge is 2.20. The Kier molecular flexibility index (Phi) is 2.92. The van der Waals surface area contributed by atoms with E-state index in [0.717, 1.165) is 6.26 Å². The summed E-state index contributed by atoms with van der Waals surface area (Å²) in [6.07, 6.45) is 1.12. The minimum atomic E-state index is -3.27. The minimum absolute atomic E-state index is 0.161. The molecule has 0 spiro atoms. The number of hydrogen-bond donors (Lipinski definition) is 0. The van der Waals surface area contributed by atoms with Gasteiger partial charge in [0.1, 0.15) is 5.82 Å². The molecule has 0 bridgehead atoms. The maximum Gasteiger partial charge on any atom is 0.175 e. The summed E-state index contributed by atoms with van der Waals surface area (Å²) in [4.78, 5) is 0.161. The van der Waals surface area contributed by atoms with Gasteiger partial charge in [0.2, 0.25) is 0 Å². The van der Waals surface area contributed by atoms with Crippen LogP contribution in [0.4, 0.5) is 4.39 Å². The van der Waals surface area contributed by atoms with Crippen molar-refractivity contribution in [3.8, 4) is 0 Å². The molecular weight excluding hydrogens is 215 g/mol. The van der Waals surface area contributed by atoms with E-state index in [-0.39, 0.29) is 10.7 Å². The summed E-state index contributed by atoms with van der Waals surface area (Å²) in [7, 11) is -3.27. The quantitative estimate of drug-likeness (QED) is 0.695. The number of halogens is 1. The molecule has 2 nitrogen and oxygen atoms in total. The van der Waals surface area contributed by atoms with Crippen LogP contribution < -0.4 is 0 Å². The van der Waals surface area contributed by atoms with Gasteiger partial charge in [-0.1, -0.05) is 20.8 Å². The van der Waals surface area contributed by atoms with Crippen LogP contribution in [0.1, 0.15) is 26.3 Å². The Balaban J connectivity index is 3.43. The van der Waals surface area contributed by atoms with Crippen molar-refractivity contribution in [2.75, 3.05) is 6.26 Å². The lowest BCUT2D eigenvalue weighted by Crippen LogP contribution is -2.14. The average Bonchev–Trinajstić information content (AvgIpc) is 2.00. The fourth-order valence-electron chi connectivity index (χ4n) is 1.31. The zero-order valence-electron chi connectivity index (χ0n) is 9.33. The van der Waals surface area contributed by atoms with Crippen molar-refractivity contribution in [3.05, 3.63) is 29.6 Å². The molecule has 0 aromatic heterocycles. The monoisotopic (exact) mass is 230 g/mol. The first-order valence-corrected chi connectivity index (χ1v) is 6.51. The van der Waals surface area contributed by atoms with E-state index in [0.29, 0.717) is 5.56 Å². The van der Waals surface area contributed by atoms with Crippen LogP contribution in [-0.2, 0) is 15.3 Å². The Hall–Kier alpha value is -0.900. The molecule has 0 radical (unpaired) electrons. The summed E-state index contributed by atoms with van der Waals surface area (Å²) in [6, 6.07) is 3.90. The molecule has 15 heavy (non-hydrogen) atoms. The fourth-order valence-corrected chi connectivity index (χ4v) is 1.96. The average molecular weight is 230 g/mol. The van der Waals surface area contributed by atoms with Gasteiger partial charge in [-0.3, -0.25) is 0 Å². The Morgan fingerprint density at radius 3 is 2.13 bits per heavy atom. The molecule has 0 aliphatic carbocycles. The summed E-state index contributed by atoms with van der Waals surface area (Å²) < 4.78 is 36.1. The lowest BCUT2D eigenvalue weighted by molar-refractivity contribution is 0.520.